The van der Waals surface area contributed by atoms with E-state index >= 15 is 0 Å². The Labute approximate surface area is 80.9 Å². The van der Waals surface area contributed by atoms with Crippen molar-refractivity contribution < 1.29 is 4.79 Å². The van der Waals surface area contributed by atoms with Crippen LogP contribution in [0, 0.1) is 11.3 Å². The lowest BCUT2D eigenvalue weighted by Crippen LogP contribution is -2.34. The second-order valence-electron chi connectivity index (χ2n) is 4.92. The van der Waals surface area contributed by atoms with Gasteiger partial charge in [-0.3, -0.25) is 4.79 Å². The third-order valence-corrected chi connectivity index (χ3v) is 4.33. The van der Waals surface area contributed by atoms with Crippen LogP contribution in [-0.4, -0.2) is 5.78 Å². The Morgan fingerprint density at radius 1 is 1.31 bits per heavy atom. The van der Waals surface area contributed by atoms with E-state index in [9.17, 15) is 4.79 Å². The molecule has 0 heterocycles. The standard InChI is InChI=1S/C12H20O/c1-2-10-9-11(13)5-8-12(10)6-3-4-7-12/h10H,2-9H2,1H3. The summed E-state index contributed by atoms with van der Waals surface area (Å²) in [5, 5.41) is 0. The van der Waals surface area contributed by atoms with Gasteiger partial charge >= 0.3 is 0 Å². The molecule has 0 amide bonds. The van der Waals surface area contributed by atoms with Crippen molar-refractivity contribution in [2.45, 2.75) is 58.3 Å². The lowest BCUT2D eigenvalue weighted by Gasteiger charge is -2.40. The molecule has 74 valence electrons. The zero-order valence-electron chi connectivity index (χ0n) is 8.64. The second kappa shape index (κ2) is 3.43. The van der Waals surface area contributed by atoms with Crippen molar-refractivity contribution in [2.24, 2.45) is 11.3 Å². The molecule has 1 heteroatoms. The monoisotopic (exact) mass is 180 g/mol. The van der Waals surface area contributed by atoms with Gasteiger partial charge in [0.1, 0.15) is 5.78 Å². The van der Waals surface area contributed by atoms with Gasteiger partial charge in [0.2, 0.25) is 0 Å². The molecule has 0 N–H and O–H groups in total. The highest BCUT2D eigenvalue weighted by Gasteiger charge is 2.43. The molecule has 0 radical (unpaired) electrons. The van der Waals surface area contributed by atoms with Crippen LogP contribution in [0.3, 0.4) is 0 Å². The van der Waals surface area contributed by atoms with Gasteiger partial charge in [-0.25, -0.2) is 0 Å². The Balaban J connectivity index is 2.12. The Kier molecular flexibility index (Phi) is 2.44. The maximum Gasteiger partial charge on any atom is 0.133 e. The lowest BCUT2D eigenvalue weighted by atomic mass is 9.64. The van der Waals surface area contributed by atoms with Crippen molar-refractivity contribution in [3.8, 4) is 0 Å². The van der Waals surface area contributed by atoms with Crippen LogP contribution in [-0.2, 0) is 4.79 Å². The van der Waals surface area contributed by atoms with E-state index in [1.165, 1.54) is 38.5 Å². The van der Waals surface area contributed by atoms with Gasteiger partial charge in [-0.2, -0.15) is 0 Å². The molecule has 2 aliphatic carbocycles. The molecule has 0 aliphatic heterocycles. The summed E-state index contributed by atoms with van der Waals surface area (Å²) in [6.07, 6.45) is 9.79. The van der Waals surface area contributed by atoms with Gasteiger partial charge in [0, 0.05) is 12.8 Å². The Morgan fingerprint density at radius 2 is 2.00 bits per heavy atom. The number of hydrogen-bond acceptors (Lipinski definition) is 1. The third kappa shape index (κ3) is 1.53. The van der Waals surface area contributed by atoms with Crippen molar-refractivity contribution in [1.82, 2.24) is 0 Å². The van der Waals surface area contributed by atoms with E-state index in [0.717, 1.165) is 18.8 Å². The molecule has 2 saturated carbocycles. The molecule has 1 unspecified atom stereocenters. The normalized spacial score (nSPS) is 32.7. The molecule has 1 spiro atoms. The highest BCUT2D eigenvalue weighted by molar-refractivity contribution is 5.79. The molecule has 0 aromatic rings. The van der Waals surface area contributed by atoms with Crippen LogP contribution in [0.15, 0.2) is 0 Å². The fourth-order valence-corrected chi connectivity index (χ4v) is 3.50. The Hall–Kier alpha value is -0.330. The average molecular weight is 180 g/mol. The maximum absolute atomic E-state index is 11.4. The SMILES string of the molecule is CCC1CC(=O)CCC12CCCC2. The molecule has 0 aromatic heterocycles. The summed E-state index contributed by atoms with van der Waals surface area (Å²) < 4.78 is 0. The molecule has 1 nitrogen and oxygen atoms in total. The summed E-state index contributed by atoms with van der Waals surface area (Å²) in [6, 6.07) is 0. The van der Waals surface area contributed by atoms with Crippen molar-refractivity contribution in [1.29, 1.82) is 0 Å². The molecule has 2 rings (SSSR count). The third-order valence-electron chi connectivity index (χ3n) is 4.33. The van der Waals surface area contributed by atoms with E-state index < -0.39 is 0 Å². The van der Waals surface area contributed by atoms with Gasteiger partial charge in [0.15, 0.2) is 0 Å². The number of ketones is 1. The number of Topliss-reactive ketones (excluding diaryl/α,β-unsaturated/α-hetero) is 1. The Morgan fingerprint density at radius 3 is 2.62 bits per heavy atom. The summed E-state index contributed by atoms with van der Waals surface area (Å²) in [5.74, 6) is 1.24. The van der Waals surface area contributed by atoms with Crippen LogP contribution in [0.4, 0.5) is 0 Å². The number of hydrogen-bond donors (Lipinski definition) is 0. The first-order chi connectivity index (χ1) is 6.27. The number of carbonyl (C=O) groups is 1. The summed E-state index contributed by atoms with van der Waals surface area (Å²) in [7, 11) is 0. The average Bonchev–Trinajstić information content (AvgIpc) is 2.59. The first-order valence-corrected chi connectivity index (χ1v) is 5.78. The predicted molar refractivity (Wildman–Crippen MR) is 53.5 cm³/mol. The fraction of sp³-hybridized carbons (Fsp3) is 0.917. The maximum atomic E-state index is 11.4. The zero-order valence-corrected chi connectivity index (χ0v) is 8.64. The van der Waals surface area contributed by atoms with E-state index in [2.05, 4.69) is 6.92 Å². The van der Waals surface area contributed by atoms with Crippen LogP contribution >= 0.6 is 0 Å². The van der Waals surface area contributed by atoms with Crippen molar-refractivity contribution in [2.75, 3.05) is 0 Å². The van der Waals surface area contributed by atoms with Crippen LogP contribution < -0.4 is 0 Å². The Bertz CT molecular complexity index is 201. The van der Waals surface area contributed by atoms with Crippen molar-refractivity contribution >= 4 is 5.78 Å². The van der Waals surface area contributed by atoms with E-state index in [4.69, 9.17) is 0 Å². The summed E-state index contributed by atoms with van der Waals surface area (Å²) in [6.45, 7) is 2.25. The molecule has 1 atom stereocenters. The highest BCUT2D eigenvalue weighted by Crippen LogP contribution is 2.52. The first kappa shape index (κ1) is 9.23. The minimum atomic E-state index is 0.518. The zero-order chi connectivity index (χ0) is 9.31. The van der Waals surface area contributed by atoms with Crippen LogP contribution in [0.25, 0.3) is 0 Å². The van der Waals surface area contributed by atoms with Gasteiger partial charge < -0.3 is 0 Å². The summed E-state index contributed by atoms with van der Waals surface area (Å²) >= 11 is 0. The van der Waals surface area contributed by atoms with E-state index in [0.29, 0.717) is 11.2 Å². The minimum Gasteiger partial charge on any atom is -0.300 e. The van der Waals surface area contributed by atoms with Crippen molar-refractivity contribution in [3.05, 3.63) is 0 Å². The molecule has 0 bridgehead atoms. The minimum absolute atomic E-state index is 0.518. The van der Waals surface area contributed by atoms with Gasteiger partial charge in [-0.1, -0.05) is 26.2 Å². The second-order valence-corrected chi connectivity index (χ2v) is 4.92. The molecule has 0 aromatic carbocycles. The van der Waals surface area contributed by atoms with E-state index in [-0.39, 0.29) is 0 Å². The topological polar surface area (TPSA) is 17.1 Å². The van der Waals surface area contributed by atoms with Crippen molar-refractivity contribution in [3.63, 3.8) is 0 Å². The predicted octanol–water partition coefficient (Wildman–Crippen LogP) is 3.33. The van der Waals surface area contributed by atoms with Gasteiger partial charge in [-0.05, 0) is 30.6 Å². The quantitative estimate of drug-likeness (QED) is 0.605. The van der Waals surface area contributed by atoms with Crippen LogP contribution in [0.5, 0.6) is 0 Å². The van der Waals surface area contributed by atoms with Gasteiger partial charge in [0.25, 0.3) is 0 Å². The molecule has 0 saturated heterocycles. The largest absolute Gasteiger partial charge is 0.300 e. The number of carbonyl (C=O) groups excluding carboxylic acids is 1. The molecular weight excluding hydrogens is 160 g/mol. The van der Waals surface area contributed by atoms with Crippen LogP contribution in [0.2, 0.25) is 0 Å². The van der Waals surface area contributed by atoms with Gasteiger partial charge in [0.05, 0.1) is 0 Å². The van der Waals surface area contributed by atoms with E-state index in [1.807, 2.05) is 0 Å². The smallest absolute Gasteiger partial charge is 0.133 e. The molecule has 13 heavy (non-hydrogen) atoms. The molecule has 2 fully saturated rings. The summed E-state index contributed by atoms with van der Waals surface area (Å²) in [4.78, 5) is 11.4. The number of rotatable bonds is 1. The fourth-order valence-electron chi connectivity index (χ4n) is 3.50. The first-order valence-electron chi connectivity index (χ1n) is 5.78. The van der Waals surface area contributed by atoms with E-state index in [1.54, 1.807) is 0 Å². The van der Waals surface area contributed by atoms with Crippen LogP contribution in [0.1, 0.15) is 58.3 Å². The molecular formula is C12H20O. The summed E-state index contributed by atoms with van der Waals surface area (Å²) in [5.41, 5.74) is 0.600. The highest BCUT2D eigenvalue weighted by atomic mass is 16.1. The molecule has 2 aliphatic rings. The lowest BCUT2D eigenvalue weighted by molar-refractivity contribution is -0.125. The van der Waals surface area contributed by atoms with Gasteiger partial charge in [-0.15, -0.1) is 0 Å².